The van der Waals surface area contributed by atoms with Crippen LogP contribution in [-0.4, -0.2) is 28.2 Å². The third kappa shape index (κ3) is 8.43. The fourth-order valence-corrected chi connectivity index (χ4v) is 3.93. The molecule has 0 bridgehead atoms. The van der Waals surface area contributed by atoms with Crippen molar-refractivity contribution in [3.05, 3.63) is 132 Å². The predicted molar refractivity (Wildman–Crippen MR) is 151 cm³/mol. The van der Waals surface area contributed by atoms with Crippen LogP contribution in [0.3, 0.4) is 0 Å². The summed E-state index contributed by atoms with van der Waals surface area (Å²) >= 11 is 0. The molecule has 0 radical (unpaired) electrons. The van der Waals surface area contributed by atoms with Crippen LogP contribution < -0.4 is 35.9 Å². The van der Waals surface area contributed by atoms with Crippen molar-refractivity contribution in [3.8, 4) is 0 Å². The van der Waals surface area contributed by atoms with Gasteiger partial charge in [-0.25, -0.2) is 9.13 Å². The Labute approximate surface area is 232 Å². The lowest BCUT2D eigenvalue weighted by Crippen LogP contribution is -3.00. The van der Waals surface area contributed by atoms with Crippen LogP contribution in [0.1, 0.15) is 22.3 Å². The Kier molecular flexibility index (Phi) is 10.2. The molecule has 2 aromatic heterocycles. The molecule has 0 spiro atoms. The minimum Gasteiger partial charge on any atom is -1.00 e. The van der Waals surface area contributed by atoms with Crippen molar-refractivity contribution in [2.24, 2.45) is 0 Å². The summed E-state index contributed by atoms with van der Waals surface area (Å²) in [5.41, 5.74) is 7.39. The Bertz CT molecular complexity index is 1180. The molecule has 0 aliphatic heterocycles. The summed E-state index contributed by atoms with van der Waals surface area (Å²) in [6.45, 7) is 1.74. The first-order valence-electron chi connectivity index (χ1n) is 12.3. The van der Waals surface area contributed by atoms with E-state index in [2.05, 4.69) is 169 Å². The Balaban J connectivity index is 0.00000380. The van der Waals surface area contributed by atoms with Gasteiger partial charge in [0.15, 0.2) is 37.9 Å². The Morgan fingerprint density at radius 2 is 0.838 bits per heavy atom. The molecule has 2 aromatic carbocycles. The van der Waals surface area contributed by atoms with Gasteiger partial charge in [0.05, 0.1) is 0 Å². The molecule has 4 rings (SSSR count). The first-order valence-corrected chi connectivity index (χ1v) is 12.3. The van der Waals surface area contributed by atoms with Crippen LogP contribution in [0, 0.1) is 0 Å². The molecule has 4 aromatic rings. The fraction of sp³-hybridized carbons (Fsp3) is 0.188. The van der Waals surface area contributed by atoms with E-state index in [0.29, 0.717) is 0 Å². The number of hydrogen-bond acceptors (Lipinski definition) is 2. The van der Waals surface area contributed by atoms with Gasteiger partial charge in [-0.15, -0.1) is 0 Å². The average molecular weight is 557 g/mol. The van der Waals surface area contributed by atoms with Crippen molar-refractivity contribution in [2.75, 3.05) is 38.0 Å². The molecule has 190 valence electrons. The van der Waals surface area contributed by atoms with Crippen molar-refractivity contribution < 1.29 is 26.1 Å². The minimum atomic E-state index is 0. The van der Waals surface area contributed by atoms with Gasteiger partial charge in [0.25, 0.3) is 0 Å². The SMILES string of the molecule is CN(C)c1cc[n+](Cc2ccc(/C=C/C=C/c3ccc(C[n+]4ccc(N(C)C)cc4)cc3)cc2)cc1.[Br-]. The van der Waals surface area contributed by atoms with E-state index in [1.54, 1.807) is 0 Å². The average Bonchev–Trinajstić information content (AvgIpc) is 2.89. The highest BCUT2D eigenvalue weighted by molar-refractivity contribution is 5.57. The number of anilines is 2. The van der Waals surface area contributed by atoms with Crippen molar-refractivity contribution in [3.63, 3.8) is 0 Å². The molecule has 0 atom stereocenters. The van der Waals surface area contributed by atoms with E-state index in [4.69, 9.17) is 0 Å². The molecule has 0 aliphatic rings. The first-order chi connectivity index (χ1) is 17.5. The normalized spacial score (nSPS) is 11.0. The van der Waals surface area contributed by atoms with Crippen LogP contribution in [0.2, 0.25) is 0 Å². The molecule has 0 N–H and O–H groups in total. The van der Waals surface area contributed by atoms with Crippen LogP contribution in [-0.2, 0) is 13.1 Å². The lowest BCUT2D eigenvalue weighted by molar-refractivity contribution is -0.688. The van der Waals surface area contributed by atoms with Crippen molar-refractivity contribution in [1.29, 1.82) is 0 Å². The summed E-state index contributed by atoms with van der Waals surface area (Å²) in [7, 11) is 8.24. The Morgan fingerprint density at radius 3 is 1.14 bits per heavy atom. The van der Waals surface area contributed by atoms with E-state index in [1.165, 1.54) is 33.6 Å². The monoisotopic (exact) mass is 555 g/mol. The number of nitrogens with zero attached hydrogens (tertiary/aromatic N) is 4. The van der Waals surface area contributed by atoms with Gasteiger partial charge in [0.2, 0.25) is 0 Å². The summed E-state index contributed by atoms with van der Waals surface area (Å²) in [4.78, 5) is 4.22. The van der Waals surface area contributed by atoms with E-state index >= 15 is 0 Å². The van der Waals surface area contributed by atoms with Crippen LogP contribution in [0.5, 0.6) is 0 Å². The molecule has 4 nitrogen and oxygen atoms in total. The van der Waals surface area contributed by atoms with Gasteiger partial charge in [-0.1, -0.05) is 72.8 Å². The number of allylic oxidation sites excluding steroid dienone is 2. The van der Waals surface area contributed by atoms with Gasteiger partial charge in [-0.3, -0.25) is 0 Å². The third-order valence-electron chi connectivity index (χ3n) is 6.16. The Morgan fingerprint density at radius 1 is 0.514 bits per heavy atom. The van der Waals surface area contributed by atoms with Crippen molar-refractivity contribution in [1.82, 2.24) is 0 Å². The number of halogens is 1. The van der Waals surface area contributed by atoms with Crippen molar-refractivity contribution >= 4 is 23.5 Å². The number of benzene rings is 2. The van der Waals surface area contributed by atoms with Crippen LogP contribution in [0.25, 0.3) is 12.2 Å². The highest BCUT2D eigenvalue weighted by atomic mass is 79.9. The molecule has 2 heterocycles. The van der Waals surface area contributed by atoms with Crippen molar-refractivity contribution in [2.45, 2.75) is 13.1 Å². The highest BCUT2D eigenvalue weighted by Crippen LogP contribution is 2.11. The lowest BCUT2D eigenvalue weighted by Gasteiger charge is -2.10. The lowest BCUT2D eigenvalue weighted by atomic mass is 10.1. The van der Waals surface area contributed by atoms with Gasteiger partial charge >= 0.3 is 0 Å². The molecule has 5 heteroatoms. The molecular formula is C32H36BrN4+. The molecule has 37 heavy (non-hydrogen) atoms. The molecule has 0 saturated carbocycles. The van der Waals surface area contributed by atoms with Crippen LogP contribution in [0.4, 0.5) is 11.4 Å². The van der Waals surface area contributed by atoms with Gasteiger partial charge < -0.3 is 26.8 Å². The van der Waals surface area contributed by atoms with E-state index in [-0.39, 0.29) is 17.0 Å². The summed E-state index contributed by atoms with van der Waals surface area (Å²) in [5.74, 6) is 0. The van der Waals surface area contributed by atoms with Gasteiger partial charge in [0.1, 0.15) is 0 Å². The molecule has 0 aliphatic carbocycles. The second-order valence-corrected chi connectivity index (χ2v) is 9.45. The second kappa shape index (κ2) is 13.6. The number of aromatic nitrogens is 2. The molecular weight excluding hydrogens is 520 g/mol. The topological polar surface area (TPSA) is 14.2 Å². The number of rotatable bonds is 9. The smallest absolute Gasteiger partial charge is 0.173 e. The maximum absolute atomic E-state index is 2.20. The largest absolute Gasteiger partial charge is 1.00 e. The quantitative estimate of drug-likeness (QED) is 0.232. The maximum atomic E-state index is 2.20. The highest BCUT2D eigenvalue weighted by Gasteiger charge is 2.05. The zero-order valence-corrected chi connectivity index (χ0v) is 23.7. The van der Waals surface area contributed by atoms with Crippen LogP contribution in [0.15, 0.2) is 110 Å². The van der Waals surface area contributed by atoms with Gasteiger partial charge in [-0.2, -0.15) is 0 Å². The molecule has 0 amide bonds. The standard InChI is InChI=1S/C32H36N4.BrH/c1-33(2)31-17-21-35(22-18-31)25-29-13-9-27(10-14-29)7-5-6-8-28-11-15-30(16-12-28)26-36-23-19-32(20-24-36)34(3)4;/h5-24H,25-26H2,1-4H3;1H/q+2;/p-1/b7-5+,8-6+;. The first kappa shape index (κ1) is 27.9. The van der Waals surface area contributed by atoms with E-state index in [9.17, 15) is 0 Å². The number of pyridine rings is 2. The number of hydrogen-bond donors (Lipinski definition) is 0. The minimum absolute atomic E-state index is 0. The van der Waals surface area contributed by atoms with Gasteiger partial charge in [-0.05, 0) is 11.1 Å². The molecule has 0 unspecified atom stereocenters. The van der Waals surface area contributed by atoms with E-state index in [0.717, 1.165) is 13.1 Å². The zero-order valence-electron chi connectivity index (χ0n) is 22.1. The van der Waals surface area contributed by atoms with E-state index < -0.39 is 0 Å². The predicted octanol–water partition coefficient (Wildman–Crippen LogP) is 2.22. The summed E-state index contributed by atoms with van der Waals surface area (Å²) in [6, 6.07) is 26.0. The summed E-state index contributed by atoms with van der Waals surface area (Å²) in [6.07, 6.45) is 17.0. The van der Waals surface area contributed by atoms with E-state index in [1.807, 2.05) is 0 Å². The third-order valence-corrected chi connectivity index (χ3v) is 6.16. The Hall–Kier alpha value is -3.70. The summed E-state index contributed by atoms with van der Waals surface area (Å²) < 4.78 is 4.40. The van der Waals surface area contributed by atoms with Crippen LogP contribution >= 0.6 is 0 Å². The summed E-state index contributed by atoms with van der Waals surface area (Å²) in [5, 5.41) is 0. The zero-order chi connectivity index (χ0) is 25.3. The second-order valence-electron chi connectivity index (χ2n) is 9.45. The maximum Gasteiger partial charge on any atom is 0.173 e. The van der Waals surface area contributed by atoms with Gasteiger partial charge in [0, 0.05) is 75.0 Å². The molecule has 0 saturated heterocycles. The fourth-order valence-electron chi connectivity index (χ4n) is 3.93. The molecule has 0 fully saturated rings.